The third kappa shape index (κ3) is 2.66. The van der Waals surface area contributed by atoms with Crippen LogP contribution in [0.5, 0.6) is 0 Å². The van der Waals surface area contributed by atoms with Crippen molar-refractivity contribution in [3.63, 3.8) is 0 Å². The van der Waals surface area contributed by atoms with Gasteiger partial charge >= 0.3 is 0 Å². The van der Waals surface area contributed by atoms with E-state index in [0.717, 1.165) is 14.2 Å². The maximum absolute atomic E-state index is 2.29. The smallest absolute Gasteiger partial charge is 0.0270 e. The first kappa shape index (κ1) is 6.43. The van der Waals surface area contributed by atoms with E-state index >= 15 is 0 Å². The molecule has 6 heavy (non-hydrogen) atoms. The molecule has 38 valence electrons. The fourth-order valence-electron chi connectivity index (χ4n) is 0.204. The lowest BCUT2D eigenvalue weighted by Crippen LogP contribution is -1.85. The van der Waals surface area contributed by atoms with E-state index in [9.17, 15) is 0 Å². The van der Waals surface area contributed by atoms with E-state index in [1.54, 1.807) is 0 Å². The van der Waals surface area contributed by atoms with Gasteiger partial charge in [0.05, 0.1) is 0 Å². The van der Waals surface area contributed by atoms with Crippen molar-refractivity contribution < 1.29 is 0 Å². The summed E-state index contributed by atoms with van der Waals surface area (Å²) in [4.78, 5) is 0. The van der Waals surface area contributed by atoms with E-state index in [1.807, 2.05) is 0 Å². The molecule has 0 nitrogen and oxygen atoms in total. The second kappa shape index (κ2) is 3.61. The largest absolute Gasteiger partial charge is 0.122 e. The van der Waals surface area contributed by atoms with Gasteiger partial charge in [0.25, 0.3) is 0 Å². The summed E-state index contributed by atoms with van der Waals surface area (Å²) in [6, 6.07) is 0. The summed E-state index contributed by atoms with van der Waals surface area (Å²) in [5.41, 5.74) is 0.963. The van der Waals surface area contributed by atoms with Crippen LogP contribution >= 0.6 is 8.58 Å². The first-order valence-corrected chi connectivity index (χ1v) is 4.06. The van der Waals surface area contributed by atoms with Gasteiger partial charge in [-0.3, -0.25) is 0 Å². The zero-order valence-corrected chi connectivity index (χ0v) is 5.78. The predicted octanol–water partition coefficient (Wildman–Crippen LogP) is 2.09. The molecule has 0 aliphatic heterocycles. The summed E-state index contributed by atoms with van der Waals surface area (Å²) in [6.07, 6.45) is 1.34. The predicted molar refractivity (Wildman–Crippen MR) is 34.0 cm³/mol. The molecule has 0 saturated heterocycles. The van der Waals surface area contributed by atoms with Crippen LogP contribution in [0.3, 0.4) is 0 Å². The second-order valence-corrected chi connectivity index (χ2v) is 3.16. The fourth-order valence-corrected chi connectivity index (χ4v) is 0.612. The minimum absolute atomic E-state index is 0.963. The topological polar surface area (TPSA) is 0 Å². The molecule has 0 aromatic heterocycles. The molecule has 0 aliphatic rings. The van der Waals surface area contributed by atoms with Crippen molar-refractivity contribution in [3.05, 3.63) is 0 Å². The Morgan fingerprint density at radius 3 is 2.17 bits per heavy atom. The Bertz CT molecular complexity index is 23.1. The van der Waals surface area contributed by atoms with E-state index in [1.165, 1.54) is 6.42 Å². The molecule has 0 fully saturated rings. The van der Waals surface area contributed by atoms with Crippen LogP contribution in [0.15, 0.2) is 0 Å². The van der Waals surface area contributed by atoms with Crippen molar-refractivity contribution in [1.82, 2.24) is 0 Å². The molecule has 0 radical (unpaired) electrons. The maximum Gasteiger partial charge on any atom is -0.0270 e. The number of hydrogen-bond acceptors (Lipinski definition) is 0. The highest BCUT2D eigenvalue weighted by molar-refractivity contribution is 7.37. The fraction of sp³-hybridized carbons (Fsp3) is 1.00. The van der Waals surface area contributed by atoms with Crippen LogP contribution < -0.4 is 0 Å². The van der Waals surface area contributed by atoms with E-state index in [4.69, 9.17) is 0 Å². The quantitative estimate of drug-likeness (QED) is 0.470. The molecule has 2 atom stereocenters. The molecule has 0 amide bonds. The zero-order chi connectivity index (χ0) is 4.99. The summed E-state index contributed by atoms with van der Waals surface area (Å²) in [7, 11) is 1.13. The maximum atomic E-state index is 2.29. The van der Waals surface area contributed by atoms with Crippen LogP contribution in [0.25, 0.3) is 0 Å². The number of rotatable bonds is 2. The Hall–Kier alpha value is 0.430. The van der Waals surface area contributed by atoms with Gasteiger partial charge < -0.3 is 0 Å². The SMILES string of the molecule is CCC(C)PC. The third-order valence-electron chi connectivity index (χ3n) is 1.11. The van der Waals surface area contributed by atoms with Gasteiger partial charge in [-0.25, -0.2) is 0 Å². The van der Waals surface area contributed by atoms with E-state index in [-0.39, 0.29) is 0 Å². The van der Waals surface area contributed by atoms with Gasteiger partial charge in [-0.05, 0) is 18.7 Å². The van der Waals surface area contributed by atoms with Crippen LogP contribution in [0.1, 0.15) is 20.3 Å². The van der Waals surface area contributed by atoms with Gasteiger partial charge in [-0.1, -0.05) is 13.8 Å². The van der Waals surface area contributed by atoms with Gasteiger partial charge in [-0.15, -0.1) is 8.58 Å². The lowest BCUT2D eigenvalue weighted by atomic mass is 10.4. The van der Waals surface area contributed by atoms with Crippen LogP contribution in [-0.2, 0) is 0 Å². The molecule has 0 rings (SSSR count). The van der Waals surface area contributed by atoms with E-state index < -0.39 is 0 Å². The molecule has 0 aromatic rings. The lowest BCUT2D eigenvalue weighted by molar-refractivity contribution is 0.902. The average molecular weight is 104 g/mol. The van der Waals surface area contributed by atoms with Crippen molar-refractivity contribution in [3.8, 4) is 0 Å². The van der Waals surface area contributed by atoms with Gasteiger partial charge in [-0.2, -0.15) is 0 Å². The first-order chi connectivity index (χ1) is 2.81. The summed E-state index contributed by atoms with van der Waals surface area (Å²) in [5.74, 6) is 0. The monoisotopic (exact) mass is 104 g/mol. The highest BCUT2D eigenvalue weighted by Crippen LogP contribution is 2.14. The molecule has 0 saturated carbocycles. The van der Waals surface area contributed by atoms with E-state index in [0.29, 0.717) is 0 Å². The highest BCUT2D eigenvalue weighted by Gasteiger charge is 1.88. The lowest BCUT2D eigenvalue weighted by Gasteiger charge is -1.99. The van der Waals surface area contributed by atoms with Crippen molar-refractivity contribution in [1.29, 1.82) is 0 Å². The van der Waals surface area contributed by atoms with Crippen LogP contribution in [0.2, 0.25) is 0 Å². The molecule has 0 bridgehead atoms. The molecule has 0 N–H and O–H groups in total. The Morgan fingerprint density at radius 2 is 2.17 bits per heavy atom. The molecule has 2 unspecified atom stereocenters. The second-order valence-electron chi connectivity index (χ2n) is 1.60. The van der Waals surface area contributed by atoms with Crippen molar-refractivity contribution in [2.45, 2.75) is 25.9 Å². The van der Waals surface area contributed by atoms with Crippen LogP contribution in [0, 0.1) is 0 Å². The molecule has 0 spiro atoms. The zero-order valence-electron chi connectivity index (χ0n) is 4.78. The Labute approximate surface area is 42.1 Å². The Morgan fingerprint density at radius 1 is 1.67 bits per heavy atom. The van der Waals surface area contributed by atoms with Crippen molar-refractivity contribution >= 4 is 8.58 Å². The number of hydrogen-bond donors (Lipinski definition) is 0. The minimum Gasteiger partial charge on any atom is -0.122 e. The van der Waals surface area contributed by atoms with Crippen molar-refractivity contribution in [2.24, 2.45) is 0 Å². The summed E-state index contributed by atoms with van der Waals surface area (Å²) < 4.78 is 0. The molecule has 0 aliphatic carbocycles. The molecule has 0 aromatic carbocycles. The van der Waals surface area contributed by atoms with Crippen molar-refractivity contribution in [2.75, 3.05) is 6.66 Å². The van der Waals surface area contributed by atoms with Crippen LogP contribution in [-0.4, -0.2) is 12.3 Å². The Balaban J connectivity index is 2.75. The van der Waals surface area contributed by atoms with Gasteiger partial charge in [0.1, 0.15) is 0 Å². The third-order valence-corrected chi connectivity index (χ3v) is 2.50. The minimum atomic E-state index is 0.963. The highest BCUT2D eigenvalue weighted by atomic mass is 31.1. The molecule has 1 heteroatoms. The van der Waals surface area contributed by atoms with Gasteiger partial charge in [0.2, 0.25) is 0 Å². The molecular weight excluding hydrogens is 91.0 g/mol. The molecule has 0 heterocycles. The summed E-state index contributed by atoms with van der Waals surface area (Å²) in [5, 5.41) is 0. The van der Waals surface area contributed by atoms with Gasteiger partial charge in [0, 0.05) is 0 Å². The van der Waals surface area contributed by atoms with E-state index in [2.05, 4.69) is 20.5 Å². The Kier molecular flexibility index (Phi) is 3.87. The summed E-state index contributed by atoms with van der Waals surface area (Å²) in [6.45, 7) is 6.79. The normalized spacial score (nSPS) is 16.5. The van der Waals surface area contributed by atoms with Gasteiger partial charge in [0.15, 0.2) is 0 Å². The molecular formula is C5H13P. The summed E-state index contributed by atoms with van der Waals surface area (Å²) >= 11 is 0. The standard InChI is InChI=1S/C5H13P/c1-4-5(2)6-3/h5-6H,4H2,1-3H3. The average Bonchev–Trinajstić information content (AvgIpc) is 1.65. The van der Waals surface area contributed by atoms with Crippen LogP contribution in [0.4, 0.5) is 0 Å². The first-order valence-electron chi connectivity index (χ1n) is 2.48.